The van der Waals surface area contributed by atoms with E-state index in [1.807, 2.05) is 32.7 Å². The van der Waals surface area contributed by atoms with Crippen molar-refractivity contribution >= 4 is 45.5 Å². The summed E-state index contributed by atoms with van der Waals surface area (Å²) >= 11 is 2.89. The van der Waals surface area contributed by atoms with E-state index in [-0.39, 0.29) is 30.1 Å². The highest BCUT2D eigenvalue weighted by Crippen LogP contribution is 2.24. The molecule has 1 atom stereocenters. The summed E-state index contributed by atoms with van der Waals surface area (Å²) in [6.07, 6.45) is 4.31. The average Bonchev–Trinajstić information content (AvgIpc) is 3.45. The Morgan fingerprint density at radius 2 is 1.91 bits per heavy atom. The van der Waals surface area contributed by atoms with Crippen LogP contribution in [0, 0.1) is 11.8 Å². The first-order valence-electron chi connectivity index (χ1n) is 11.3. The molecule has 4 heterocycles. The highest BCUT2D eigenvalue weighted by molar-refractivity contribution is 7.14. The van der Waals surface area contributed by atoms with Crippen molar-refractivity contribution in [3.8, 4) is 0 Å². The maximum atomic E-state index is 12.8. The molecule has 3 amide bonds. The van der Waals surface area contributed by atoms with Crippen LogP contribution in [0.2, 0.25) is 0 Å². The number of hydrogen-bond acceptors (Lipinski definition) is 6. The number of carbonyl (C=O) groups is 3. The maximum Gasteiger partial charge on any atom is 0.231 e. The van der Waals surface area contributed by atoms with Crippen molar-refractivity contribution in [2.45, 2.75) is 45.4 Å². The van der Waals surface area contributed by atoms with E-state index in [2.05, 4.69) is 17.2 Å². The van der Waals surface area contributed by atoms with Crippen LogP contribution in [-0.4, -0.2) is 58.7 Å². The smallest absolute Gasteiger partial charge is 0.231 e. The standard InChI is InChI=1S/C23H30N4O3S2/c1-16-4-2-8-27(14-16)22(30)17-6-9-26(10-7-17)21(29)12-18-15-32-23(24-18)25-20(28)13-19-5-3-11-31-19/h3,5,11,15-17H,2,4,6-10,12-14H2,1H3,(H,24,25,28). The molecule has 0 spiro atoms. The Morgan fingerprint density at radius 3 is 2.62 bits per heavy atom. The zero-order valence-corrected chi connectivity index (χ0v) is 20.1. The minimum Gasteiger partial charge on any atom is -0.342 e. The molecule has 9 heteroatoms. The highest BCUT2D eigenvalue weighted by Gasteiger charge is 2.31. The Kier molecular flexibility index (Phi) is 7.57. The van der Waals surface area contributed by atoms with E-state index in [4.69, 9.17) is 0 Å². The second-order valence-electron chi connectivity index (χ2n) is 8.81. The summed E-state index contributed by atoms with van der Waals surface area (Å²) in [5.74, 6) is 0.816. The molecular formula is C23H30N4O3S2. The normalized spacial score (nSPS) is 19.7. The topological polar surface area (TPSA) is 82.6 Å². The molecule has 172 valence electrons. The van der Waals surface area contributed by atoms with Crippen LogP contribution in [-0.2, 0) is 27.2 Å². The number of carbonyl (C=O) groups excluding carboxylic acids is 3. The third-order valence-corrected chi connectivity index (χ3v) is 7.89. The Bertz CT molecular complexity index is 935. The van der Waals surface area contributed by atoms with Crippen molar-refractivity contribution in [1.29, 1.82) is 0 Å². The number of aromatic nitrogens is 1. The summed E-state index contributed by atoms with van der Waals surface area (Å²) in [7, 11) is 0. The fourth-order valence-corrected chi connectivity index (χ4v) is 5.90. The average molecular weight is 475 g/mol. The molecule has 2 aliphatic heterocycles. The van der Waals surface area contributed by atoms with Gasteiger partial charge in [-0.1, -0.05) is 13.0 Å². The minimum absolute atomic E-state index is 0.0317. The van der Waals surface area contributed by atoms with E-state index < -0.39 is 0 Å². The van der Waals surface area contributed by atoms with E-state index in [0.717, 1.165) is 37.2 Å². The molecule has 2 saturated heterocycles. The predicted octanol–water partition coefficient (Wildman–Crippen LogP) is 3.43. The first kappa shape index (κ1) is 22.9. The first-order valence-corrected chi connectivity index (χ1v) is 13.1. The number of thiazole rings is 1. The van der Waals surface area contributed by atoms with E-state index in [0.29, 0.717) is 36.3 Å². The molecule has 2 aromatic heterocycles. The van der Waals surface area contributed by atoms with Crippen LogP contribution < -0.4 is 5.32 Å². The highest BCUT2D eigenvalue weighted by atomic mass is 32.1. The number of piperidine rings is 2. The quantitative estimate of drug-likeness (QED) is 0.695. The van der Waals surface area contributed by atoms with Gasteiger partial charge in [-0.05, 0) is 43.0 Å². The van der Waals surface area contributed by atoms with Crippen molar-refractivity contribution < 1.29 is 14.4 Å². The zero-order chi connectivity index (χ0) is 22.5. The molecule has 7 nitrogen and oxygen atoms in total. The monoisotopic (exact) mass is 474 g/mol. The van der Waals surface area contributed by atoms with Gasteiger partial charge in [0.25, 0.3) is 0 Å². The van der Waals surface area contributed by atoms with E-state index in [9.17, 15) is 14.4 Å². The first-order chi connectivity index (χ1) is 15.5. The number of rotatable bonds is 6. The van der Waals surface area contributed by atoms with Gasteiger partial charge in [-0.15, -0.1) is 22.7 Å². The Morgan fingerprint density at radius 1 is 1.09 bits per heavy atom. The van der Waals surface area contributed by atoms with Crippen molar-refractivity contribution in [3.63, 3.8) is 0 Å². The van der Waals surface area contributed by atoms with Crippen LogP contribution in [0.4, 0.5) is 5.13 Å². The molecular weight excluding hydrogens is 444 g/mol. The summed E-state index contributed by atoms with van der Waals surface area (Å²) in [5, 5.41) is 7.11. The number of nitrogens with one attached hydrogen (secondary N) is 1. The number of nitrogens with zero attached hydrogens (tertiary/aromatic N) is 3. The molecule has 0 aliphatic carbocycles. The summed E-state index contributed by atoms with van der Waals surface area (Å²) in [6.45, 7) is 5.19. The Hall–Kier alpha value is -2.26. The van der Waals surface area contributed by atoms with Crippen LogP contribution in [0.5, 0.6) is 0 Å². The largest absolute Gasteiger partial charge is 0.342 e. The van der Waals surface area contributed by atoms with Crippen LogP contribution in [0.1, 0.15) is 43.2 Å². The number of anilines is 1. The van der Waals surface area contributed by atoms with Gasteiger partial charge in [0.05, 0.1) is 18.5 Å². The van der Waals surface area contributed by atoms with E-state index in [1.165, 1.54) is 17.8 Å². The fraction of sp³-hybridized carbons (Fsp3) is 0.565. The second-order valence-corrected chi connectivity index (χ2v) is 10.7. The van der Waals surface area contributed by atoms with Gasteiger partial charge in [0.2, 0.25) is 17.7 Å². The molecule has 0 aromatic carbocycles. The van der Waals surface area contributed by atoms with Gasteiger partial charge >= 0.3 is 0 Å². The summed E-state index contributed by atoms with van der Waals surface area (Å²) in [5.41, 5.74) is 0.673. The van der Waals surface area contributed by atoms with Gasteiger partial charge in [0.1, 0.15) is 0 Å². The second kappa shape index (κ2) is 10.6. The lowest BCUT2D eigenvalue weighted by molar-refractivity contribution is -0.141. The molecule has 2 fully saturated rings. The number of hydrogen-bond donors (Lipinski definition) is 1. The SMILES string of the molecule is CC1CCCN(C(=O)C2CCN(C(=O)Cc3csc(NC(=O)Cc4cccs4)n3)CC2)C1. The molecule has 2 aromatic rings. The number of likely N-dealkylation sites (tertiary alicyclic amines) is 2. The maximum absolute atomic E-state index is 12.8. The van der Waals surface area contributed by atoms with Crippen molar-refractivity contribution in [2.75, 3.05) is 31.5 Å². The van der Waals surface area contributed by atoms with Crippen LogP contribution in [0.3, 0.4) is 0 Å². The molecule has 4 rings (SSSR count). The Balaban J connectivity index is 1.22. The minimum atomic E-state index is -0.102. The third-order valence-electron chi connectivity index (χ3n) is 6.21. The van der Waals surface area contributed by atoms with Crippen LogP contribution in [0.15, 0.2) is 22.9 Å². The van der Waals surface area contributed by atoms with Gasteiger partial charge in [-0.25, -0.2) is 4.98 Å². The molecule has 2 aliphatic rings. The summed E-state index contributed by atoms with van der Waals surface area (Å²) in [6, 6.07) is 3.85. The molecule has 0 bridgehead atoms. The fourth-order valence-electron chi connectivity index (χ4n) is 4.47. The lowest BCUT2D eigenvalue weighted by Gasteiger charge is -2.37. The van der Waals surface area contributed by atoms with Crippen molar-refractivity contribution in [1.82, 2.24) is 14.8 Å². The van der Waals surface area contributed by atoms with Crippen LogP contribution in [0.25, 0.3) is 0 Å². The molecule has 1 N–H and O–H groups in total. The number of amides is 3. The van der Waals surface area contributed by atoms with Crippen molar-refractivity contribution in [3.05, 3.63) is 33.5 Å². The van der Waals surface area contributed by atoms with E-state index in [1.54, 1.807) is 11.3 Å². The van der Waals surface area contributed by atoms with Crippen LogP contribution >= 0.6 is 22.7 Å². The van der Waals surface area contributed by atoms with Gasteiger partial charge in [0.15, 0.2) is 5.13 Å². The van der Waals surface area contributed by atoms with Gasteiger partial charge in [-0.3, -0.25) is 14.4 Å². The number of thiophene rings is 1. The van der Waals surface area contributed by atoms with Crippen molar-refractivity contribution in [2.24, 2.45) is 11.8 Å². The predicted molar refractivity (Wildman–Crippen MR) is 127 cm³/mol. The summed E-state index contributed by atoms with van der Waals surface area (Å²) < 4.78 is 0. The molecule has 0 saturated carbocycles. The van der Waals surface area contributed by atoms with Gasteiger partial charge in [0, 0.05) is 42.4 Å². The molecule has 32 heavy (non-hydrogen) atoms. The Labute approximate surface area is 196 Å². The molecule has 1 unspecified atom stereocenters. The third kappa shape index (κ3) is 5.95. The lowest BCUT2D eigenvalue weighted by Crippen LogP contribution is -2.47. The van der Waals surface area contributed by atoms with Gasteiger partial charge < -0.3 is 15.1 Å². The van der Waals surface area contributed by atoms with E-state index >= 15 is 0 Å². The molecule has 0 radical (unpaired) electrons. The summed E-state index contributed by atoms with van der Waals surface area (Å²) in [4.78, 5) is 47.0. The van der Waals surface area contributed by atoms with Gasteiger partial charge in [-0.2, -0.15) is 0 Å². The zero-order valence-electron chi connectivity index (χ0n) is 18.4. The lowest BCUT2D eigenvalue weighted by atomic mass is 9.92.